The van der Waals surface area contributed by atoms with Crippen LogP contribution in [0, 0.1) is 11.3 Å². The molecule has 0 unspecified atom stereocenters. The fourth-order valence-corrected chi connectivity index (χ4v) is 4.71. The van der Waals surface area contributed by atoms with Crippen molar-refractivity contribution in [2.45, 2.75) is 12.8 Å². The number of nitriles is 1. The second-order valence-electron chi connectivity index (χ2n) is 7.12. The molecule has 0 fully saturated rings. The fourth-order valence-electron chi connectivity index (χ4n) is 4.71. The first-order valence-electron chi connectivity index (χ1n) is 8.95. The Bertz CT molecular complexity index is 1290. The van der Waals surface area contributed by atoms with Crippen molar-refractivity contribution < 1.29 is 4.57 Å². The number of para-hydroxylation sites is 1. The third-order valence-electron chi connectivity index (χ3n) is 5.78. The third kappa shape index (κ3) is 1.63. The molecule has 120 valence electrons. The molecular formula is C24H15N2+. The molecule has 1 aliphatic carbocycles. The van der Waals surface area contributed by atoms with Crippen LogP contribution in [-0.2, 0) is 12.8 Å². The number of aromatic nitrogens is 1. The Balaban J connectivity index is 1.70. The zero-order chi connectivity index (χ0) is 17.3. The van der Waals surface area contributed by atoms with Crippen molar-refractivity contribution in [2.75, 3.05) is 0 Å². The summed E-state index contributed by atoms with van der Waals surface area (Å²) in [6, 6.07) is 26.1. The lowest BCUT2D eigenvalue weighted by atomic mass is 9.94. The van der Waals surface area contributed by atoms with Crippen LogP contribution in [0.4, 0.5) is 0 Å². The van der Waals surface area contributed by atoms with E-state index in [1.807, 2.05) is 12.1 Å². The smallest absolute Gasteiger partial charge is 0.192 e. The van der Waals surface area contributed by atoms with Gasteiger partial charge in [-0.25, -0.2) is 0 Å². The molecule has 0 saturated heterocycles. The summed E-state index contributed by atoms with van der Waals surface area (Å²) in [5.41, 5.74) is 9.72. The van der Waals surface area contributed by atoms with Crippen LogP contribution in [0.2, 0.25) is 0 Å². The van der Waals surface area contributed by atoms with E-state index in [2.05, 4.69) is 65.2 Å². The molecule has 4 aromatic rings. The van der Waals surface area contributed by atoms with Crippen LogP contribution >= 0.6 is 0 Å². The van der Waals surface area contributed by atoms with Gasteiger partial charge in [-0.1, -0.05) is 42.5 Å². The van der Waals surface area contributed by atoms with Gasteiger partial charge in [0.1, 0.15) is 6.07 Å². The number of pyridine rings is 1. The molecule has 2 heterocycles. The number of rotatable bonds is 0. The molecule has 0 N–H and O–H groups in total. The fraction of sp³-hybridized carbons (Fsp3) is 0.0833. The van der Waals surface area contributed by atoms with E-state index in [0.29, 0.717) is 0 Å². The lowest BCUT2D eigenvalue weighted by molar-refractivity contribution is -0.604. The number of fused-ring (bicyclic) bond motifs is 8. The van der Waals surface area contributed by atoms with Crippen LogP contribution in [0.1, 0.15) is 28.1 Å². The largest absolute Gasteiger partial charge is 0.214 e. The van der Waals surface area contributed by atoms with Gasteiger partial charge in [0, 0.05) is 28.6 Å². The van der Waals surface area contributed by atoms with Gasteiger partial charge in [-0.3, -0.25) is 0 Å². The number of nitrogens with zero attached hydrogens (tertiary/aromatic N) is 2. The molecule has 0 saturated carbocycles. The van der Waals surface area contributed by atoms with Gasteiger partial charge in [0.2, 0.25) is 5.69 Å². The van der Waals surface area contributed by atoms with E-state index in [0.717, 1.165) is 34.7 Å². The Morgan fingerprint density at radius 3 is 2.62 bits per heavy atom. The van der Waals surface area contributed by atoms with Crippen molar-refractivity contribution in [3.05, 3.63) is 94.8 Å². The monoisotopic (exact) mass is 331 g/mol. The van der Waals surface area contributed by atoms with Crippen LogP contribution in [-0.4, -0.2) is 0 Å². The normalized spacial score (nSPS) is 13.0. The second-order valence-corrected chi connectivity index (χ2v) is 7.12. The molecule has 0 amide bonds. The van der Waals surface area contributed by atoms with Crippen LogP contribution in [0.5, 0.6) is 0 Å². The second kappa shape index (κ2) is 4.80. The summed E-state index contributed by atoms with van der Waals surface area (Å²) in [5, 5.41) is 12.1. The van der Waals surface area contributed by atoms with Gasteiger partial charge in [-0.05, 0) is 23.1 Å². The molecule has 2 aliphatic rings. The molecule has 26 heavy (non-hydrogen) atoms. The molecule has 0 atom stereocenters. The quantitative estimate of drug-likeness (QED) is 0.378. The predicted octanol–water partition coefficient (Wildman–Crippen LogP) is 4.46. The molecular weight excluding hydrogens is 316 g/mol. The maximum Gasteiger partial charge on any atom is 0.214 e. The summed E-state index contributed by atoms with van der Waals surface area (Å²) in [5.74, 6) is 0. The summed E-state index contributed by atoms with van der Waals surface area (Å²) in [6.07, 6.45) is 1.86. The molecule has 0 bridgehead atoms. The minimum absolute atomic E-state index is 0.809. The maximum atomic E-state index is 9.92. The first kappa shape index (κ1) is 13.8. The summed E-state index contributed by atoms with van der Waals surface area (Å²) >= 11 is 0. The van der Waals surface area contributed by atoms with Crippen LogP contribution in [0.3, 0.4) is 0 Å². The van der Waals surface area contributed by atoms with Crippen LogP contribution in [0.25, 0.3) is 27.6 Å². The van der Waals surface area contributed by atoms with Gasteiger partial charge < -0.3 is 0 Å². The highest BCUT2D eigenvalue weighted by Gasteiger charge is 2.37. The molecule has 2 nitrogen and oxygen atoms in total. The Morgan fingerprint density at radius 2 is 1.69 bits per heavy atom. The van der Waals surface area contributed by atoms with Gasteiger partial charge in [-0.15, -0.1) is 0 Å². The lowest BCUT2D eigenvalue weighted by Gasteiger charge is -2.07. The van der Waals surface area contributed by atoms with Crippen molar-refractivity contribution in [1.82, 2.24) is 0 Å². The molecule has 3 aromatic carbocycles. The maximum absolute atomic E-state index is 9.92. The summed E-state index contributed by atoms with van der Waals surface area (Å²) in [4.78, 5) is 0. The summed E-state index contributed by atoms with van der Waals surface area (Å²) < 4.78 is 2.41. The van der Waals surface area contributed by atoms with E-state index in [9.17, 15) is 5.26 Å². The predicted molar refractivity (Wildman–Crippen MR) is 101 cm³/mol. The van der Waals surface area contributed by atoms with Gasteiger partial charge >= 0.3 is 0 Å². The highest BCUT2D eigenvalue weighted by Crippen LogP contribution is 2.42. The van der Waals surface area contributed by atoms with Crippen molar-refractivity contribution in [1.29, 1.82) is 5.26 Å². The average molecular weight is 331 g/mol. The van der Waals surface area contributed by atoms with Crippen molar-refractivity contribution in [3.8, 4) is 22.9 Å². The number of benzene rings is 3. The van der Waals surface area contributed by atoms with E-state index < -0.39 is 0 Å². The van der Waals surface area contributed by atoms with Crippen LogP contribution < -0.4 is 4.57 Å². The highest BCUT2D eigenvalue weighted by atomic mass is 15.0. The van der Waals surface area contributed by atoms with E-state index in [-0.39, 0.29) is 0 Å². The molecule has 0 spiro atoms. The average Bonchev–Trinajstić information content (AvgIpc) is 3.23. The number of hydrogen-bond donors (Lipinski definition) is 0. The summed E-state index contributed by atoms with van der Waals surface area (Å²) in [6.45, 7) is 0. The van der Waals surface area contributed by atoms with Crippen molar-refractivity contribution >= 4 is 10.8 Å². The Kier molecular flexibility index (Phi) is 2.55. The van der Waals surface area contributed by atoms with E-state index >= 15 is 0 Å². The highest BCUT2D eigenvalue weighted by molar-refractivity contribution is 5.97. The van der Waals surface area contributed by atoms with Gasteiger partial charge in [-0.2, -0.15) is 9.83 Å². The number of hydrogen-bond acceptors (Lipinski definition) is 1. The van der Waals surface area contributed by atoms with E-state index in [1.54, 1.807) is 0 Å². The van der Waals surface area contributed by atoms with Crippen LogP contribution in [0.15, 0.2) is 66.7 Å². The van der Waals surface area contributed by atoms with E-state index in [1.165, 1.54) is 33.8 Å². The standard InChI is InChI=1S/C24H15N2/c25-14-21-19-7-3-1-5-15(19)11-17-13-23-20(24(17)21)10-9-18-12-16-6-2-4-8-22(16)26(18)23/h1-11H,12-13H2/q+1. The van der Waals surface area contributed by atoms with Gasteiger partial charge in [0.15, 0.2) is 11.4 Å². The zero-order valence-corrected chi connectivity index (χ0v) is 14.2. The lowest BCUT2D eigenvalue weighted by Crippen LogP contribution is -2.36. The minimum atomic E-state index is 0.809. The first-order valence-corrected chi connectivity index (χ1v) is 8.95. The summed E-state index contributed by atoms with van der Waals surface area (Å²) in [7, 11) is 0. The van der Waals surface area contributed by atoms with Crippen molar-refractivity contribution in [3.63, 3.8) is 0 Å². The zero-order valence-electron chi connectivity index (χ0n) is 14.2. The molecule has 1 aromatic heterocycles. The molecule has 6 rings (SSSR count). The molecule has 2 heteroatoms. The Labute approximate surface area is 151 Å². The molecule has 0 radical (unpaired) electrons. The Hall–Kier alpha value is -3.44. The van der Waals surface area contributed by atoms with Gasteiger partial charge in [0.05, 0.1) is 24.0 Å². The minimum Gasteiger partial charge on any atom is -0.192 e. The van der Waals surface area contributed by atoms with Gasteiger partial charge in [0.25, 0.3) is 0 Å². The molecule has 1 aliphatic heterocycles. The Morgan fingerprint density at radius 1 is 0.846 bits per heavy atom. The topological polar surface area (TPSA) is 27.7 Å². The van der Waals surface area contributed by atoms with E-state index in [4.69, 9.17) is 0 Å². The first-order chi connectivity index (χ1) is 12.8. The SMILES string of the molecule is N#Cc1c2c(cc3ccccc13)Cc1c-2ccc2[n+]1-c1ccccc1C2. The third-order valence-corrected chi connectivity index (χ3v) is 5.78. The van der Waals surface area contributed by atoms with Crippen molar-refractivity contribution in [2.24, 2.45) is 0 Å².